The summed E-state index contributed by atoms with van der Waals surface area (Å²) in [4.78, 5) is 29.2. The molecule has 0 bridgehead atoms. The molecule has 0 spiro atoms. The van der Waals surface area contributed by atoms with Crippen molar-refractivity contribution in [1.82, 2.24) is 14.7 Å². The maximum absolute atomic E-state index is 13.3. The molecule has 0 atom stereocenters. The van der Waals surface area contributed by atoms with Gasteiger partial charge in [-0.05, 0) is 55.5 Å². The number of hydrogen-bond donors (Lipinski definition) is 0. The molecule has 1 aliphatic carbocycles. The first-order chi connectivity index (χ1) is 16.8. The number of amides is 1. The third-order valence-electron chi connectivity index (χ3n) is 6.53. The lowest BCUT2D eigenvalue weighted by Gasteiger charge is -2.30. The van der Waals surface area contributed by atoms with E-state index in [1.165, 1.54) is 22.0 Å². The molecule has 3 aromatic rings. The first-order valence-corrected chi connectivity index (χ1v) is 11.7. The number of anilines is 1. The van der Waals surface area contributed by atoms with Crippen molar-refractivity contribution in [2.75, 3.05) is 31.6 Å². The van der Waals surface area contributed by atoms with Crippen LogP contribution in [-0.4, -0.2) is 65.8 Å². The van der Waals surface area contributed by atoms with Gasteiger partial charge >= 0.3 is 5.97 Å². The number of carbonyl (C=O) groups excluding carboxylic acids is 2. The zero-order valence-corrected chi connectivity index (χ0v) is 20.2. The van der Waals surface area contributed by atoms with Crippen LogP contribution in [0.15, 0.2) is 42.6 Å². The molecule has 0 aliphatic heterocycles. The van der Waals surface area contributed by atoms with Crippen molar-refractivity contribution in [3.05, 3.63) is 59.3 Å². The highest BCUT2D eigenvalue weighted by Gasteiger charge is 2.29. The largest absolute Gasteiger partial charge is 0.465 e. The Morgan fingerprint density at radius 1 is 1.17 bits per heavy atom. The minimum absolute atomic E-state index is 0.0142. The Kier molecular flexibility index (Phi) is 7.33. The summed E-state index contributed by atoms with van der Waals surface area (Å²) in [5.74, 6) is -0.552. The van der Waals surface area contributed by atoms with Gasteiger partial charge in [-0.15, -0.1) is 0 Å². The second-order valence-electron chi connectivity index (χ2n) is 8.91. The average molecular weight is 485 g/mol. The lowest BCUT2D eigenvalue weighted by molar-refractivity contribution is -0.141. The van der Waals surface area contributed by atoms with Gasteiger partial charge in [-0.1, -0.05) is 24.3 Å². The zero-order chi connectivity index (χ0) is 25.1. The van der Waals surface area contributed by atoms with E-state index in [4.69, 9.17) is 4.74 Å². The summed E-state index contributed by atoms with van der Waals surface area (Å²) < 4.78 is 32.3. The van der Waals surface area contributed by atoms with E-state index in [-0.39, 0.29) is 31.6 Å². The molecule has 9 heteroatoms. The Hall–Kier alpha value is -3.49. The number of ether oxygens (including phenoxy) is 1. The van der Waals surface area contributed by atoms with Crippen molar-refractivity contribution in [3.63, 3.8) is 0 Å². The van der Waals surface area contributed by atoms with Gasteiger partial charge in [0.1, 0.15) is 13.1 Å². The molecule has 0 fully saturated rings. The number of rotatable bonds is 9. The van der Waals surface area contributed by atoms with Crippen LogP contribution in [0.2, 0.25) is 0 Å². The van der Waals surface area contributed by atoms with Gasteiger partial charge in [-0.25, -0.2) is 8.78 Å². The number of benzene rings is 2. The van der Waals surface area contributed by atoms with Gasteiger partial charge in [0, 0.05) is 24.2 Å². The predicted molar refractivity (Wildman–Crippen MR) is 130 cm³/mol. The molecule has 1 heterocycles. The van der Waals surface area contributed by atoms with Crippen molar-refractivity contribution >= 4 is 28.5 Å². The first-order valence-electron chi connectivity index (χ1n) is 11.7. The quantitative estimate of drug-likeness (QED) is 0.434. The van der Waals surface area contributed by atoms with E-state index in [1.54, 1.807) is 35.9 Å². The Morgan fingerprint density at radius 3 is 2.49 bits per heavy atom. The number of alkyl halides is 2. The van der Waals surface area contributed by atoms with Crippen molar-refractivity contribution in [2.45, 2.75) is 45.7 Å². The number of halogens is 2. The summed E-state index contributed by atoms with van der Waals surface area (Å²) in [5, 5.41) is 4.74. The Labute approximate surface area is 203 Å². The van der Waals surface area contributed by atoms with Gasteiger partial charge in [-0.2, -0.15) is 5.10 Å². The fourth-order valence-corrected chi connectivity index (χ4v) is 4.71. The highest BCUT2D eigenvalue weighted by Crippen LogP contribution is 2.28. The van der Waals surface area contributed by atoms with E-state index in [0.717, 1.165) is 18.4 Å². The number of aryl methyl sites for hydroxylation is 1. The molecule has 4 rings (SSSR count). The molecule has 0 unspecified atom stereocenters. The van der Waals surface area contributed by atoms with Crippen LogP contribution in [0.3, 0.4) is 0 Å². The lowest BCUT2D eigenvalue weighted by Crippen LogP contribution is -2.45. The highest BCUT2D eigenvalue weighted by atomic mass is 19.3. The van der Waals surface area contributed by atoms with Gasteiger partial charge in [0.05, 0.1) is 24.9 Å². The van der Waals surface area contributed by atoms with Crippen LogP contribution in [0.25, 0.3) is 10.9 Å². The third-order valence-corrected chi connectivity index (χ3v) is 6.53. The van der Waals surface area contributed by atoms with Gasteiger partial charge in [-0.3, -0.25) is 14.3 Å². The van der Waals surface area contributed by atoms with Gasteiger partial charge in [0.15, 0.2) is 0 Å². The second kappa shape index (κ2) is 10.4. The number of likely N-dealkylation sites (N-methyl/N-ethyl adjacent to an activating group) is 1. The van der Waals surface area contributed by atoms with Crippen LogP contribution in [0.4, 0.5) is 14.5 Å². The summed E-state index contributed by atoms with van der Waals surface area (Å²) >= 11 is 0. The molecule has 35 heavy (non-hydrogen) atoms. The minimum Gasteiger partial charge on any atom is -0.465 e. The molecule has 0 saturated carbocycles. The fraction of sp³-hybridized carbons (Fsp3) is 0.423. The summed E-state index contributed by atoms with van der Waals surface area (Å²) in [7, 11) is 1.80. The third kappa shape index (κ3) is 5.44. The summed E-state index contributed by atoms with van der Waals surface area (Å²) in [6.45, 7) is 3.18. The van der Waals surface area contributed by atoms with E-state index >= 15 is 0 Å². The van der Waals surface area contributed by atoms with Crippen LogP contribution in [-0.2, 0) is 33.7 Å². The first kappa shape index (κ1) is 24.6. The Balaban J connectivity index is 1.57. The molecule has 1 amide bonds. The molecule has 0 radical (unpaired) electrons. The van der Waals surface area contributed by atoms with Crippen molar-refractivity contribution < 1.29 is 23.1 Å². The van der Waals surface area contributed by atoms with E-state index < -0.39 is 18.9 Å². The van der Waals surface area contributed by atoms with Gasteiger partial charge in [0.2, 0.25) is 5.91 Å². The standard InChI is InChI=1S/C26H30F2N4O3/c1-4-35-26(34)16-31(15-25(33)30(3)21-10-18-7-5-6-8-19(18)11-21)22-12-20-13-29-32(14-24(27)28)23(20)9-17(22)2/h5-9,12-13,21,24H,4,10-11,14-16H2,1-3H3. The lowest BCUT2D eigenvalue weighted by atomic mass is 10.1. The summed E-state index contributed by atoms with van der Waals surface area (Å²) in [6.07, 6.45) is 0.593. The number of hydrogen-bond acceptors (Lipinski definition) is 5. The van der Waals surface area contributed by atoms with E-state index in [0.29, 0.717) is 16.6 Å². The van der Waals surface area contributed by atoms with Crippen molar-refractivity contribution in [1.29, 1.82) is 0 Å². The van der Waals surface area contributed by atoms with Gasteiger partial charge in [0.25, 0.3) is 6.43 Å². The van der Waals surface area contributed by atoms with E-state index in [2.05, 4.69) is 17.2 Å². The van der Waals surface area contributed by atoms with Crippen LogP contribution in [0.1, 0.15) is 23.6 Å². The fourth-order valence-electron chi connectivity index (χ4n) is 4.71. The summed E-state index contributed by atoms with van der Waals surface area (Å²) in [5.41, 5.74) is 4.50. The molecule has 1 aliphatic rings. The van der Waals surface area contributed by atoms with Crippen molar-refractivity contribution in [2.24, 2.45) is 0 Å². The van der Waals surface area contributed by atoms with Crippen LogP contribution in [0, 0.1) is 6.92 Å². The van der Waals surface area contributed by atoms with E-state index in [9.17, 15) is 18.4 Å². The second-order valence-corrected chi connectivity index (χ2v) is 8.91. The highest BCUT2D eigenvalue weighted by molar-refractivity contribution is 5.89. The van der Waals surface area contributed by atoms with Crippen LogP contribution < -0.4 is 4.90 Å². The SMILES string of the molecule is CCOC(=O)CN(CC(=O)N(C)C1Cc2ccccc2C1)c1cc2cnn(CC(F)F)c2cc1C. The smallest absolute Gasteiger partial charge is 0.325 e. The molecule has 2 aromatic carbocycles. The molecular formula is C26H30F2N4O3. The zero-order valence-electron chi connectivity index (χ0n) is 20.2. The molecular weight excluding hydrogens is 454 g/mol. The van der Waals surface area contributed by atoms with Gasteiger partial charge < -0.3 is 14.5 Å². The number of fused-ring (bicyclic) bond motifs is 2. The van der Waals surface area contributed by atoms with Crippen LogP contribution >= 0.6 is 0 Å². The monoisotopic (exact) mass is 484 g/mol. The molecule has 0 N–H and O–H groups in total. The molecule has 7 nitrogen and oxygen atoms in total. The maximum atomic E-state index is 13.3. The van der Waals surface area contributed by atoms with Crippen molar-refractivity contribution in [3.8, 4) is 0 Å². The van der Waals surface area contributed by atoms with E-state index in [1.807, 2.05) is 19.1 Å². The molecule has 0 saturated heterocycles. The minimum atomic E-state index is -2.52. The number of carbonyl (C=O) groups is 2. The summed E-state index contributed by atoms with van der Waals surface area (Å²) in [6, 6.07) is 11.8. The Morgan fingerprint density at radius 2 is 1.86 bits per heavy atom. The topological polar surface area (TPSA) is 67.7 Å². The number of nitrogens with zero attached hydrogens (tertiary/aromatic N) is 4. The number of esters is 1. The van der Waals surface area contributed by atoms with Crippen LogP contribution in [0.5, 0.6) is 0 Å². The number of aromatic nitrogens is 2. The predicted octanol–water partition coefficient (Wildman–Crippen LogP) is 3.61. The molecule has 186 valence electrons. The average Bonchev–Trinajstić information content (AvgIpc) is 3.41. The maximum Gasteiger partial charge on any atom is 0.325 e. The molecule has 1 aromatic heterocycles. The normalized spacial score (nSPS) is 13.3. The Bertz CT molecular complexity index is 1200.